The molecule has 1 aliphatic rings. The highest BCUT2D eigenvalue weighted by molar-refractivity contribution is 6.22. The van der Waals surface area contributed by atoms with E-state index in [-0.39, 0.29) is 23.4 Å². The smallest absolute Gasteiger partial charge is 0.326 e. The Morgan fingerprint density at radius 1 is 1.21 bits per heavy atom. The first-order valence-electron chi connectivity index (χ1n) is 7.54. The quantitative estimate of drug-likeness (QED) is 0.288. The molecule has 2 amide bonds. The normalized spacial score (nSPS) is 14.5. The number of carboxylic acid groups (broad SMARTS) is 1. The maximum atomic E-state index is 12.3. The molecule has 8 heteroatoms. The van der Waals surface area contributed by atoms with Gasteiger partial charge in [0.25, 0.3) is 11.8 Å². The van der Waals surface area contributed by atoms with Crippen molar-refractivity contribution in [2.45, 2.75) is 25.3 Å². The summed E-state index contributed by atoms with van der Waals surface area (Å²) in [6.45, 7) is -0.552. The minimum Gasteiger partial charge on any atom is -0.480 e. The molecular formula is C16H18FN3O4. The number of hydrogen-bond donors (Lipinski definition) is 3. The molecule has 0 fully saturated rings. The van der Waals surface area contributed by atoms with Gasteiger partial charge in [0.15, 0.2) is 0 Å². The van der Waals surface area contributed by atoms with E-state index >= 15 is 0 Å². The van der Waals surface area contributed by atoms with Crippen molar-refractivity contribution in [1.82, 2.24) is 10.2 Å². The van der Waals surface area contributed by atoms with Crippen LogP contribution in [0.15, 0.2) is 24.3 Å². The van der Waals surface area contributed by atoms with Crippen LogP contribution in [0, 0.1) is 5.41 Å². The largest absolute Gasteiger partial charge is 0.480 e. The number of amidine groups is 1. The monoisotopic (exact) mass is 335 g/mol. The number of imide groups is 1. The van der Waals surface area contributed by atoms with Crippen LogP contribution in [0.1, 0.15) is 40.0 Å². The zero-order chi connectivity index (χ0) is 17.7. The maximum Gasteiger partial charge on any atom is 0.326 e. The maximum absolute atomic E-state index is 12.3. The van der Waals surface area contributed by atoms with Crippen LogP contribution in [0.5, 0.6) is 0 Å². The predicted molar refractivity (Wildman–Crippen MR) is 83.9 cm³/mol. The Labute approximate surface area is 138 Å². The summed E-state index contributed by atoms with van der Waals surface area (Å²) in [5.41, 5.74) is 0.429. The number of amides is 2. The van der Waals surface area contributed by atoms with E-state index in [2.05, 4.69) is 5.32 Å². The summed E-state index contributed by atoms with van der Waals surface area (Å²) in [5, 5.41) is 19.0. The van der Waals surface area contributed by atoms with E-state index < -0.39 is 30.5 Å². The minimum absolute atomic E-state index is 0.103. The molecule has 128 valence electrons. The highest BCUT2D eigenvalue weighted by Gasteiger charge is 2.42. The van der Waals surface area contributed by atoms with E-state index in [0.717, 1.165) is 4.90 Å². The van der Waals surface area contributed by atoms with Gasteiger partial charge in [-0.3, -0.25) is 19.9 Å². The molecule has 0 aromatic heterocycles. The van der Waals surface area contributed by atoms with Crippen molar-refractivity contribution in [1.29, 1.82) is 5.41 Å². The number of unbranched alkanes of at least 4 members (excludes halogenated alkanes) is 1. The number of carboxylic acids is 1. The standard InChI is InChI=1S/C16H18FN3O4/c17-9-13(18)19-8-4-3-7-12(16(23)24)20-14(21)10-5-1-2-6-11(10)15(20)22/h1-2,5-6,12H,3-4,7-9H2,(H2,18,19)(H,23,24). The Morgan fingerprint density at radius 3 is 2.29 bits per heavy atom. The summed E-state index contributed by atoms with van der Waals surface area (Å²) >= 11 is 0. The lowest BCUT2D eigenvalue weighted by molar-refractivity contribution is -0.141. The van der Waals surface area contributed by atoms with Crippen molar-refractivity contribution in [2.24, 2.45) is 0 Å². The van der Waals surface area contributed by atoms with Gasteiger partial charge >= 0.3 is 5.97 Å². The summed E-state index contributed by atoms with van der Waals surface area (Å²) < 4.78 is 12.1. The number of nitrogens with one attached hydrogen (secondary N) is 2. The molecule has 1 aromatic carbocycles. The second kappa shape index (κ2) is 7.67. The number of alkyl halides is 1. The van der Waals surface area contributed by atoms with Crippen LogP contribution in [0.4, 0.5) is 4.39 Å². The number of nitrogens with zero attached hydrogens (tertiary/aromatic N) is 1. The van der Waals surface area contributed by atoms with Gasteiger partial charge < -0.3 is 10.4 Å². The zero-order valence-corrected chi connectivity index (χ0v) is 12.9. The third-order valence-electron chi connectivity index (χ3n) is 3.80. The molecule has 1 heterocycles. The zero-order valence-electron chi connectivity index (χ0n) is 12.9. The van der Waals surface area contributed by atoms with Gasteiger partial charge in [0.05, 0.1) is 11.1 Å². The topological polar surface area (TPSA) is 111 Å². The Morgan fingerprint density at radius 2 is 1.79 bits per heavy atom. The van der Waals surface area contributed by atoms with Gasteiger partial charge in [-0.05, 0) is 31.4 Å². The highest BCUT2D eigenvalue weighted by Crippen LogP contribution is 2.26. The summed E-state index contributed by atoms with van der Waals surface area (Å²) in [5.74, 6) is -2.67. The molecular weight excluding hydrogens is 317 g/mol. The Bertz CT molecular complexity index is 642. The first-order chi connectivity index (χ1) is 11.5. The Kier molecular flexibility index (Phi) is 5.62. The van der Waals surface area contributed by atoms with Crippen LogP contribution in [-0.4, -0.2) is 52.9 Å². The average molecular weight is 335 g/mol. The third kappa shape index (κ3) is 3.58. The van der Waals surface area contributed by atoms with Gasteiger partial charge in [-0.25, -0.2) is 9.18 Å². The summed E-state index contributed by atoms with van der Waals surface area (Å²) in [4.78, 5) is 37.0. The molecule has 0 radical (unpaired) electrons. The molecule has 0 saturated carbocycles. The van der Waals surface area contributed by atoms with Crippen LogP contribution >= 0.6 is 0 Å². The number of rotatable bonds is 8. The van der Waals surface area contributed by atoms with Crippen LogP contribution in [-0.2, 0) is 4.79 Å². The van der Waals surface area contributed by atoms with Gasteiger partial charge in [0.2, 0.25) is 0 Å². The molecule has 1 atom stereocenters. The van der Waals surface area contributed by atoms with E-state index in [1.54, 1.807) is 12.1 Å². The first-order valence-corrected chi connectivity index (χ1v) is 7.54. The van der Waals surface area contributed by atoms with E-state index in [1.165, 1.54) is 12.1 Å². The van der Waals surface area contributed by atoms with Crippen LogP contribution in [0.3, 0.4) is 0 Å². The number of hydrogen-bond acceptors (Lipinski definition) is 4. The van der Waals surface area contributed by atoms with E-state index in [9.17, 15) is 23.9 Å². The lowest BCUT2D eigenvalue weighted by Crippen LogP contribution is -2.44. The van der Waals surface area contributed by atoms with Gasteiger partial charge in [0, 0.05) is 6.54 Å². The number of aliphatic carboxylic acids is 1. The van der Waals surface area contributed by atoms with Crippen molar-refractivity contribution < 1.29 is 23.9 Å². The molecule has 3 N–H and O–H groups in total. The number of carbonyl (C=O) groups excluding carboxylic acids is 2. The van der Waals surface area contributed by atoms with Crippen molar-refractivity contribution in [3.8, 4) is 0 Å². The van der Waals surface area contributed by atoms with E-state index in [0.29, 0.717) is 19.4 Å². The lowest BCUT2D eigenvalue weighted by atomic mass is 10.1. The number of benzene rings is 1. The average Bonchev–Trinajstić information content (AvgIpc) is 2.82. The van der Waals surface area contributed by atoms with Crippen LogP contribution in [0.2, 0.25) is 0 Å². The molecule has 0 saturated heterocycles. The van der Waals surface area contributed by atoms with E-state index in [4.69, 9.17) is 5.41 Å². The third-order valence-corrected chi connectivity index (χ3v) is 3.80. The predicted octanol–water partition coefficient (Wildman–Crippen LogP) is 1.44. The van der Waals surface area contributed by atoms with Gasteiger partial charge in [0.1, 0.15) is 18.6 Å². The Balaban J connectivity index is 1.99. The fraction of sp³-hybridized carbons (Fsp3) is 0.375. The second-order valence-electron chi connectivity index (χ2n) is 5.41. The van der Waals surface area contributed by atoms with Crippen molar-refractivity contribution in [2.75, 3.05) is 13.2 Å². The molecule has 0 spiro atoms. The first kappa shape index (κ1) is 17.6. The molecule has 0 aliphatic carbocycles. The van der Waals surface area contributed by atoms with Gasteiger partial charge in [-0.1, -0.05) is 12.1 Å². The van der Waals surface area contributed by atoms with Crippen molar-refractivity contribution >= 4 is 23.6 Å². The number of halogens is 1. The minimum atomic E-state index is -1.24. The van der Waals surface area contributed by atoms with Crippen LogP contribution in [0.25, 0.3) is 0 Å². The molecule has 1 unspecified atom stereocenters. The molecule has 1 aromatic rings. The lowest BCUT2D eigenvalue weighted by Gasteiger charge is -2.22. The van der Waals surface area contributed by atoms with Crippen molar-refractivity contribution in [3.63, 3.8) is 0 Å². The summed E-state index contributed by atoms with van der Waals surface area (Å²) in [6, 6.07) is 5.00. The fourth-order valence-corrected chi connectivity index (χ4v) is 2.60. The molecule has 2 rings (SSSR count). The Hall–Kier alpha value is -2.77. The number of carbonyl (C=O) groups is 3. The molecule has 0 bridgehead atoms. The molecule has 24 heavy (non-hydrogen) atoms. The highest BCUT2D eigenvalue weighted by atomic mass is 19.1. The SMILES string of the molecule is N=C(CF)NCCCCC(C(=O)O)N1C(=O)c2ccccc2C1=O. The summed E-state index contributed by atoms with van der Waals surface area (Å²) in [7, 11) is 0. The second-order valence-corrected chi connectivity index (χ2v) is 5.41. The van der Waals surface area contributed by atoms with Crippen molar-refractivity contribution in [3.05, 3.63) is 35.4 Å². The molecule has 7 nitrogen and oxygen atoms in total. The number of fused-ring (bicyclic) bond motifs is 1. The summed E-state index contributed by atoms with van der Waals surface area (Å²) in [6.07, 6.45) is 1.01. The fourth-order valence-electron chi connectivity index (χ4n) is 2.60. The van der Waals surface area contributed by atoms with Crippen LogP contribution < -0.4 is 5.32 Å². The van der Waals surface area contributed by atoms with Gasteiger partial charge in [-0.15, -0.1) is 0 Å². The van der Waals surface area contributed by atoms with Gasteiger partial charge in [-0.2, -0.15) is 0 Å². The molecule has 1 aliphatic heterocycles. The van der Waals surface area contributed by atoms with E-state index in [1.807, 2.05) is 0 Å².